The molecular formula is C22H23F2NO2. The fraction of sp³-hybridized carbons (Fsp3) is 0.409. The fourth-order valence-corrected chi connectivity index (χ4v) is 4.59. The number of piperidine rings is 1. The second-order valence-corrected chi connectivity index (χ2v) is 7.57. The molecule has 2 aromatic carbocycles. The molecule has 4 rings (SSSR count). The summed E-state index contributed by atoms with van der Waals surface area (Å²) < 4.78 is 33.3. The third-order valence-corrected chi connectivity index (χ3v) is 6.09. The first-order valence-electron chi connectivity index (χ1n) is 9.40. The molecule has 0 unspecified atom stereocenters. The summed E-state index contributed by atoms with van der Waals surface area (Å²) >= 11 is 0. The molecule has 2 aliphatic rings. The average Bonchev–Trinajstić information content (AvgIpc) is 2.92. The molecule has 0 aromatic heterocycles. The van der Waals surface area contributed by atoms with Crippen molar-refractivity contribution in [3.63, 3.8) is 0 Å². The van der Waals surface area contributed by atoms with E-state index in [9.17, 15) is 13.6 Å². The maximum absolute atomic E-state index is 13.4. The van der Waals surface area contributed by atoms with E-state index >= 15 is 0 Å². The predicted octanol–water partition coefficient (Wildman–Crippen LogP) is 4.12. The van der Waals surface area contributed by atoms with Gasteiger partial charge in [-0.3, -0.25) is 4.90 Å². The highest BCUT2D eigenvalue weighted by Crippen LogP contribution is 2.41. The molecule has 4 atom stereocenters. The van der Waals surface area contributed by atoms with E-state index in [0.29, 0.717) is 6.04 Å². The van der Waals surface area contributed by atoms with Crippen molar-refractivity contribution in [1.82, 2.24) is 4.90 Å². The Morgan fingerprint density at radius 1 is 1.00 bits per heavy atom. The third-order valence-electron chi connectivity index (χ3n) is 6.09. The number of nitrogens with zero attached hydrogens (tertiary/aromatic N) is 1. The first-order valence-corrected chi connectivity index (χ1v) is 9.40. The predicted molar refractivity (Wildman–Crippen MR) is 98.3 cm³/mol. The molecule has 2 heterocycles. The van der Waals surface area contributed by atoms with Gasteiger partial charge in [-0.2, -0.15) is 0 Å². The van der Waals surface area contributed by atoms with Gasteiger partial charge < -0.3 is 9.53 Å². The number of benzene rings is 2. The first kappa shape index (κ1) is 18.3. The summed E-state index contributed by atoms with van der Waals surface area (Å²) in [5.41, 5.74) is 1.58. The summed E-state index contributed by atoms with van der Waals surface area (Å²) in [4.78, 5) is 14.1. The normalized spacial score (nSPS) is 27.9. The Balaban J connectivity index is 1.65. The van der Waals surface area contributed by atoms with Gasteiger partial charge in [0.25, 0.3) is 0 Å². The lowest BCUT2D eigenvalue weighted by atomic mass is 9.88. The summed E-state index contributed by atoms with van der Waals surface area (Å²) in [6.45, 7) is 0. The minimum Gasteiger partial charge on any atom is -0.365 e. The third kappa shape index (κ3) is 3.54. The van der Waals surface area contributed by atoms with Crippen LogP contribution in [-0.4, -0.2) is 36.4 Å². The molecule has 2 aliphatic heterocycles. The number of hydrogen-bond acceptors (Lipinski definition) is 3. The van der Waals surface area contributed by atoms with E-state index in [1.54, 1.807) is 24.3 Å². The molecule has 0 spiro atoms. The van der Waals surface area contributed by atoms with E-state index in [2.05, 4.69) is 11.9 Å². The first-order chi connectivity index (χ1) is 13.1. The highest BCUT2D eigenvalue weighted by Gasteiger charge is 2.46. The van der Waals surface area contributed by atoms with Gasteiger partial charge in [-0.25, -0.2) is 8.78 Å². The number of rotatable bonds is 5. The number of carbonyl (C=O) groups is 1. The number of ether oxygens (including phenoxy) is 1. The maximum Gasteiger partial charge on any atom is 0.127 e. The van der Waals surface area contributed by atoms with Crippen molar-refractivity contribution in [2.75, 3.05) is 7.05 Å². The van der Waals surface area contributed by atoms with Crippen LogP contribution in [0.4, 0.5) is 8.78 Å². The van der Waals surface area contributed by atoms with Crippen LogP contribution < -0.4 is 0 Å². The van der Waals surface area contributed by atoms with Crippen molar-refractivity contribution in [2.45, 2.75) is 43.6 Å². The Morgan fingerprint density at radius 3 is 2.07 bits per heavy atom. The molecule has 5 heteroatoms. The molecule has 27 heavy (non-hydrogen) atoms. The minimum atomic E-state index is -0.471. The highest BCUT2D eigenvalue weighted by atomic mass is 19.1. The molecule has 2 bridgehead atoms. The highest BCUT2D eigenvalue weighted by molar-refractivity contribution is 5.56. The fourth-order valence-electron chi connectivity index (χ4n) is 4.59. The standard InChI is InChI=1S/C22H23F2NO2/c1-25-18-10-11-20(25)19(13-26)21(12-18)27-22(14-2-6-16(23)7-3-14)15-4-8-17(24)9-5-15/h2-9,13,18-22H,10-12H2,1H3/t18-,19+,20+,21+/m0/s1. The van der Waals surface area contributed by atoms with Gasteiger partial charge in [0.1, 0.15) is 24.0 Å². The van der Waals surface area contributed by atoms with Gasteiger partial charge in [0.05, 0.1) is 12.0 Å². The molecule has 0 radical (unpaired) electrons. The van der Waals surface area contributed by atoms with Gasteiger partial charge in [-0.05, 0) is 61.7 Å². The number of halogens is 2. The molecule has 2 aromatic rings. The van der Waals surface area contributed by atoms with E-state index in [1.807, 2.05) is 0 Å². The lowest BCUT2D eigenvalue weighted by Crippen LogP contribution is -2.50. The summed E-state index contributed by atoms with van der Waals surface area (Å²) in [6, 6.07) is 12.9. The second-order valence-electron chi connectivity index (χ2n) is 7.57. The van der Waals surface area contributed by atoms with Gasteiger partial charge >= 0.3 is 0 Å². The Bertz CT molecular complexity index is 747. The lowest BCUT2D eigenvalue weighted by Gasteiger charge is -2.41. The van der Waals surface area contributed by atoms with Crippen LogP contribution in [0.25, 0.3) is 0 Å². The van der Waals surface area contributed by atoms with E-state index in [0.717, 1.165) is 36.7 Å². The molecular weight excluding hydrogens is 348 g/mol. The van der Waals surface area contributed by atoms with Crippen LogP contribution in [0.2, 0.25) is 0 Å². The zero-order valence-corrected chi connectivity index (χ0v) is 15.2. The molecule has 0 amide bonds. The summed E-state index contributed by atoms with van der Waals surface area (Å²) in [5.74, 6) is -0.837. The summed E-state index contributed by atoms with van der Waals surface area (Å²) in [7, 11) is 2.08. The Hall–Kier alpha value is -2.11. The van der Waals surface area contributed by atoms with Crippen molar-refractivity contribution in [3.8, 4) is 0 Å². The van der Waals surface area contributed by atoms with Gasteiger partial charge in [0.15, 0.2) is 0 Å². The van der Waals surface area contributed by atoms with Crippen molar-refractivity contribution >= 4 is 6.29 Å². The molecule has 0 N–H and O–H groups in total. The quantitative estimate of drug-likeness (QED) is 0.741. The summed E-state index contributed by atoms with van der Waals surface area (Å²) in [5, 5.41) is 0. The molecule has 142 valence electrons. The topological polar surface area (TPSA) is 29.5 Å². The minimum absolute atomic E-state index is 0.197. The van der Waals surface area contributed by atoms with Crippen LogP contribution >= 0.6 is 0 Å². The zero-order chi connectivity index (χ0) is 19.0. The molecule has 0 saturated carbocycles. The van der Waals surface area contributed by atoms with Crippen LogP contribution in [-0.2, 0) is 9.53 Å². The Kier molecular flexibility index (Phi) is 5.06. The lowest BCUT2D eigenvalue weighted by molar-refractivity contribution is -0.127. The van der Waals surface area contributed by atoms with Crippen molar-refractivity contribution < 1.29 is 18.3 Å². The number of aldehydes is 1. The second kappa shape index (κ2) is 7.49. The van der Waals surface area contributed by atoms with E-state index < -0.39 is 6.10 Å². The van der Waals surface area contributed by atoms with Crippen LogP contribution in [0, 0.1) is 17.6 Å². The van der Waals surface area contributed by atoms with E-state index in [1.165, 1.54) is 24.3 Å². The maximum atomic E-state index is 13.4. The van der Waals surface area contributed by atoms with Crippen molar-refractivity contribution in [3.05, 3.63) is 71.3 Å². The molecule has 2 fully saturated rings. The Labute approximate surface area is 157 Å². The molecule has 3 nitrogen and oxygen atoms in total. The number of fused-ring (bicyclic) bond motifs is 2. The SMILES string of the molecule is CN1[C@H]2CC[C@@H]1[C@@H](C=O)[C@H](OC(c1ccc(F)cc1)c1ccc(F)cc1)C2. The van der Waals surface area contributed by atoms with Crippen LogP contribution in [0.3, 0.4) is 0 Å². The van der Waals surface area contributed by atoms with Crippen LogP contribution in [0.5, 0.6) is 0 Å². The summed E-state index contributed by atoms with van der Waals surface area (Å²) in [6.07, 6.45) is 3.19. The molecule has 0 aliphatic carbocycles. The van der Waals surface area contributed by atoms with Crippen molar-refractivity contribution in [1.29, 1.82) is 0 Å². The van der Waals surface area contributed by atoms with E-state index in [-0.39, 0.29) is 29.7 Å². The van der Waals surface area contributed by atoms with Gasteiger partial charge in [0, 0.05) is 12.1 Å². The number of carbonyl (C=O) groups excluding carboxylic acids is 1. The van der Waals surface area contributed by atoms with Crippen molar-refractivity contribution in [2.24, 2.45) is 5.92 Å². The monoisotopic (exact) mass is 371 g/mol. The largest absolute Gasteiger partial charge is 0.365 e. The zero-order valence-electron chi connectivity index (χ0n) is 15.2. The van der Waals surface area contributed by atoms with Gasteiger partial charge in [-0.15, -0.1) is 0 Å². The van der Waals surface area contributed by atoms with Crippen LogP contribution in [0.15, 0.2) is 48.5 Å². The Morgan fingerprint density at radius 2 is 1.56 bits per heavy atom. The van der Waals surface area contributed by atoms with Crippen LogP contribution in [0.1, 0.15) is 36.5 Å². The number of hydrogen-bond donors (Lipinski definition) is 0. The molecule has 2 saturated heterocycles. The van der Waals surface area contributed by atoms with E-state index in [4.69, 9.17) is 4.74 Å². The smallest absolute Gasteiger partial charge is 0.127 e. The van der Waals surface area contributed by atoms with Gasteiger partial charge in [-0.1, -0.05) is 24.3 Å². The average molecular weight is 371 g/mol. The van der Waals surface area contributed by atoms with Gasteiger partial charge in [0.2, 0.25) is 0 Å².